The molecule has 0 heterocycles. The van der Waals surface area contributed by atoms with Gasteiger partial charge in [0, 0.05) is 18.2 Å². The minimum Gasteiger partial charge on any atom is -0.478 e. The molecule has 1 atom stereocenters. The molecule has 0 saturated heterocycles. The minimum atomic E-state index is -0.990. The zero-order valence-electron chi connectivity index (χ0n) is 9.64. The Labute approximate surface area is 99.6 Å². The Morgan fingerprint density at radius 1 is 1.35 bits per heavy atom. The lowest BCUT2D eigenvalue weighted by molar-refractivity contribution is -0.116. The third-order valence-corrected chi connectivity index (χ3v) is 2.39. The zero-order valence-corrected chi connectivity index (χ0v) is 9.64. The average Bonchev–Trinajstić information content (AvgIpc) is 2.29. The molecule has 1 amide bonds. The van der Waals surface area contributed by atoms with Crippen molar-refractivity contribution < 1.29 is 14.7 Å². The molecule has 92 valence electrons. The first kappa shape index (κ1) is 13.2. The number of carbonyl (C=O) groups excluding carboxylic acids is 1. The maximum Gasteiger partial charge on any atom is 0.335 e. The van der Waals surface area contributed by atoms with Gasteiger partial charge in [-0.1, -0.05) is 6.92 Å². The van der Waals surface area contributed by atoms with Gasteiger partial charge in [0.25, 0.3) is 0 Å². The van der Waals surface area contributed by atoms with Crippen molar-refractivity contribution in [1.82, 2.24) is 0 Å². The molecule has 5 nitrogen and oxygen atoms in total. The second-order valence-corrected chi connectivity index (χ2v) is 3.80. The molecule has 0 spiro atoms. The van der Waals surface area contributed by atoms with Gasteiger partial charge in [-0.2, -0.15) is 0 Å². The number of carboxylic acid groups (broad SMARTS) is 1. The third-order valence-electron chi connectivity index (χ3n) is 2.39. The Hall–Kier alpha value is -1.88. The summed E-state index contributed by atoms with van der Waals surface area (Å²) in [6.07, 6.45) is 1.00. The van der Waals surface area contributed by atoms with Crippen LogP contribution in [0.5, 0.6) is 0 Å². The van der Waals surface area contributed by atoms with Crippen LogP contribution < -0.4 is 11.1 Å². The van der Waals surface area contributed by atoms with E-state index < -0.39 is 5.97 Å². The number of benzene rings is 1. The highest BCUT2D eigenvalue weighted by atomic mass is 16.4. The summed E-state index contributed by atoms with van der Waals surface area (Å²) >= 11 is 0. The van der Waals surface area contributed by atoms with Gasteiger partial charge in [0.2, 0.25) is 5.91 Å². The normalized spacial score (nSPS) is 11.9. The van der Waals surface area contributed by atoms with Crippen LogP contribution in [0.15, 0.2) is 24.3 Å². The number of anilines is 1. The van der Waals surface area contributed by atoms with E-state index >= 15 is 0 Å². The standard InChI is InChI=1S/C12H16N2O3/c1-2-9(13)7-11(15)14-10-5-3-8(4-6-10)12(16)17/h3-6,9H,2,7,13H2,1H3,(H,14,15)(H,16,17). The van der Waals surface area contributed by atoms with E-state index in [0.29, 0.717) is 5.69 Å². The predicted octanol–water partition coefficient (Wildman–Crippen LogP) is 1.45. The number of rotatable bonds is 5. The molecule has 0 fully saturated rings. The maximum atomic E-state index is 11.5. The lowest BCUT2D eigenvalue weighted by Crippen LogP contribution is -2.26. The molecular formula is C12H16N2O3. The SMILES string of the molecule is CCC(N)CC(=O)Nc1ccc(C(=O)O)cc1. The molecular weight excluding hydrogens is 220 g/mol. The molecule has 0 saturated carbocycles. The van der Waals surface area contributed by atoms with Gasteiger partial charge in [0.05, 0.1) is 5.56 Å². The topological polar surface area (TPSA) is 92.4 Å². The van der Waals surface area contributed by atoms with Crippen LogP contribution in [0.3, 0.4) is 0 Å². The molecule has 1 aromatic carbocycles. The molecule has 1 unspecified atom stereocenters. The Morgan fingerprint density at radius 3 is 2.41 bits per heavy atom. The Kier molecular flexibility index (Phi) is 4.66. The fourth-order valence-corrected chi connectivity index (χ4v) is 1.29. The molecule has 1 aromatic rings. The van der Waals surface area contributed by atoms with Crippen LogP contribution in [0, 0.1) is 0 Å². The Bertz CT molecular complexity index is 401. The van der Waals surface area contributed by atoms with Crippen molar-refractivity contribution in [2.45, 2.75) is 25.8 Å². The van der Waals surface area contributed by atoms with Crippen LogP contribution in [0.2, 0.25) is 0 Å². The summed E-state index contributed by atoms with van der Waals surface area (Å²) in [5.74, 6) is -1.15. The molecule has 0 aliphatic carbocycles. The molecule has 17 heavy (non-hydrogen) atoms. The number of nitrogens with two attached hydrogens (primary N) is 1. The highest BCUT2D eigenvalue weighted by Gasteiger charge is 2.08. The van der Waals surface area contributed by atoms with Crippen LogP contribution in [0.25, 0.3) is 0 Å². The van der Waals surface area contributed by atoms with Crippen LogP contribution in [-0.2, 0) is 4.79 Å². The van der Waals surface area contributed by atoms with Crippen molar-refractivity contribution in [2.75, 3.05) is 5.32 Å². The van der Waals surface area contributed by atoms with E-state index in [2.05, 4.69) is 5.32 Å². The summed E-state index contributed by atoms with van der Waals surface area (Å²) in [6.45, 7) is 1.92. The van der Waals surface area contributed by atoms with Gasteiger partial charge in [-0.15, -0.1) is 0 Å². The molecule has 5 heteroatoms. The monoisotopic (exact) mass is 236 g/mol. The predicted molar refractivity (Wildman–Crippen MR) is 64.9 cm³/mol. The van der Waals surface area contributed by atoms with E-state index in [-0.39, 0.29) is 23.9 Å². The summed E-state index contributed by atoms with van der Waals surface area (Å²) in [5, 5.41) is 11.4. The zero-order chi connectivity index (χ0) is 12.8. The van der Waals surface area contributed by atoms with Crippen molar-refractivity contribution >= 4 is 17.6 Å². The smallest absolute Gasteiger partial charge is 0.335 e. The van der Waals surface area contributed by atoms with Crippen LogP contribution in [-0.4, -0.2) is 23.0 Å². The van der Waals surface area contributed by atoms with E-state index in [1.54, 1.807) is 12.1 Å². The van der Waals surface area contributed by atoms with Gasteiger partial charge in [0.15, 0.2) is 0 Å². The first-order chi connectivity index (χ1) is 8.02. The number of hydrogen-bond acceptors (Lipinski definition) is 3. The first-order valence-electron chi connectivity index (χ1n) is 5.41. The third kappa shape index (κ3) is 4.24. The molecule has 1 rings (SSSR count). The second-order valence-electron chi connectivity index (χ2n) is 3.80. The van der Waals surface area contributed by atoms with Crippen molar-refractivity contribution in [3.05, 3.63) is 29.8 Å². The number of hydrogen-bond donors (Lipinski definition) is 3. The van der Waals surface area contributed by atoms with Crippen LogP contribution in [0.4, 0.5) is 5.69 Å². The number of amides is 1. The van der Waals surface area contributed by atoms with E-state index in [0.717, 1.165) is 6.42 Å². The Morgan fingerprint density at radius 2 is 1.94 bits per heavy atom. The highest BCUT2D eigenvalue weighted by Crippen LogP contribution is 2.10. The molecule has 4 N–H and O–H groups in total. The van der Waals surface area contributed by atoms with Crippen molar-refractivity contribution in [2.24, 2.45) is 5.73 Å². The molecule has 0 radical (unpaired) electrons. The van der Waals surface area contributed by atoms with Crippen LogP contribution in [0.1, 0.15) is 30.1 Å². The first-order valence-corrected chi connectivity index (χ1v) is 5.41. The largest absolute Gasteiger partial charge is 0.478 e. The van der Waals surface area contributed by atoms with E-state index in [1.165, 1.54) is 12.1 Å². The average molecular weight is 236 g/mol. The highest BCUT2D eigenvalue weighted by molar-refractivity contribution is 5.92. The molecule has 0 bridgehead atoms. The number of carboxylic acids is 1. The summed E-state index contributed by atoms with van der Waals surface area (Å²) in [5.41, 5.74) is 6.41. The second kappa shape index (κ2) is 6.00. The number of carbonyl (C=O) groups is 2. The fourth-order valence-electron chi connectivity index (χ4n) is 1.29. The van der Waals surface area contributed by atoms with Gasteiger partial charge >= 0.3 is 5.97 Å². The van der Waals surface area contributed by atoms with E-state index in [9.17, 15) is 9.59 Å². The van der Waals surface area contributed by atoms with E-state index in [4.69, 9.17) is 10.8 Å². The lowest BCUT2D eigenvalue weighted by Gasteiger charge is -2.09. The van der Waals surface area contributed by atoms with Crippen molar-refractivity contribution in [3.8, 4) is 0 Å². The quantitative estimate of drug-likeness (QED) is 0.721. The minimum absolute atomic E-state index is 0.145. The summed E-state index contributed by atoms with van der Waals surface area (Å²) in [4.78, 5) is 22.1. The van der Waals surface area contributed by atoms with Gasteiger partial charge < -0.3 is 16.2 Å². The number of nitrogens with one attached hydrogen (secondary N) is 1. The summed E-state index contributed by atoms with van der Waals surface area (Å²) in [7, 11) is 0. The number of aromatic carboxylic acids is 1. The van der Waals surface area contributed by atoms with Gasteiger partial charge in [-0.05, 0) is 30.7 Å². The van der Waals surface area contributed by atoms with Crippen LogP contribution >= 0.6 is 0 Å². The maximum absolute atomic E-state index is 11.5. The summed E-state index contributed by atoms with van der Waals surface area (Å²) < 4.78 is 0. The summed E-state index contributed by atoms with van der Waals surface area (Å²) in [6, 6.07) is 5.85. The van der Waals surface area contributed by atoms with Gasteiger partial charge in [-0.3, -0.25) is 4.79 Å². The molecule has 0 aliphatic heterocycles. The van der Waals surface area contributed by atoms with E-state index in [1.807, 2.05) is 6.92 Å². The van der Waals surface area contributed by atoms with Crippen molar-refractivity contribution in [1.29, 1.82) is 0 Å². The lowest BCUT2D eigenvalue weighted by atomic mass is 10.1. The van der Waals surface area contributed by atoms with Gasteiger partial charge in [0.1, 0.15) is 0 Å². The van der Waals surface area contributed by atoms with Crippen molar-refractivity contribution in [3.63, 3.8) is 0 Å². The fraction of sp³-hybridized carbons (Fsp3) is 0.333. The Balaban J connectivity index is 2.57. The molecule has 0 aromatic heterocycles. The van der Waals surface area contributed by atoms with Gasteiger partial charge in [-0.25, -0.2) is 4.79 Å². The molecule has 0 aliphatic rings.